The summed E-state index contributed by atoms with van der Waals surface area (Å²) in [7, 11) is 0. The summed E-state index contributed by atoms with van der Waals surface area (Å²) in [5.74, 6) is 0. The molecule has 0 atom stereocenters. The maximum absolute atomic E-state index is 14.7. The third-order valence-corrected chi connectivity index (χ3v) is 17.3. The molecule has 3 nitrogen and oxygen atoms in total. The van der Waals surface area contributed by atoms with Gasteiger partial charge in [-0.25, -0.2) is 0 Å². The molecule has 0 N–H and O–H groups in total. The van der Waals surface area contributed by atoms with E-state index in [0.29, 0.717) is 45.1 Å². The van der Waals surface area contributed by atoms with Crippen LogP contribution in [0.1, 0.15) is 61.2 Å². The Labute approximate surface area is 545 Å². The van der Waals surface area contributed by atoms with E-state index < -0.39 is 76.0 Å². The SMILES string of the molecule is Cc1cc(-c2ccc(-n3c4ccc(-c5cc(C)cc(C(F)(F)F)c5)cc4c4cc(-c5cc(C)cc(C(F)(F)F)c5)ccc43)c(-c3cc(C#N)ccc3-n3c4ccc(-c5cc(C)cc(C(F)(F)F)c5)cc4c4cc(-c5cc(C(F)(F)F)cc(C(F)(F)F)c5)ccc43)c2)cc(C(F)(F)F)c1. The van der Waals surface area contributed by atoms with Gasteiger partial charge in [-0.1, -0.05) is 54.6 Å². The number of hydrogen-bond acceptors (Lipinski definition) is 1. The molecule has 13 rings (SSSR count). The van der Waals surface area contributed by atoms with Crippen molar-refractivity contribution < 1.29 is 79.0 Å². The van der Waals surface area contributed by atoms with Crippen molar-refractivity contribution in [2.45, 2.75) is 64.8 Å². The zero-order chi connectivity index (χ0) is 70.2. The molecule has 11 aromatic carbocycles. The van der Waals surface area contributed by atoms with Crippen molar-refractivity contribution in [1.82, 2.24) is 9.13 Å². The number of halogens is 18. The van der Waals surface area contributed by atoms with Crippen molar-refractivity contribution >= 4 is 43.6 Å². The molecule has 494 valence electrons. The van der Waals surface area contributed by atoms with Crippen LogP contribution in [0.15, 0.2) is 200 Å². The lowest BCUT2D eigenvalue weighted by Crippen LogP contribution is -2.11. The van der Waals surface area contributed by atoms with Crippen LogP contribution in [0.5, 0.6) is 0 Å². The van der Waals surface area contributed by atoms with Crippen LogP contribution in [0.25, 0.3) is 122 Å². The van der Waals surface area contributed by atoms with Gasteiger partial charge in [0.1, 0.15) is 0 Å². The lowest BCUT2D eigenvalue weighted by molar-refractivity contribution is -0.143. The summed E-state index contributed by atoms with van der Waals surface area (Å²) in [6.45, 7) is 5.88. The molecule has 2 heterocycles. The Hall–Kier alpha value is -10.8. The van der Waals surface area contributed by atoms with Crippen LogP contribution in [-0.4, -0.2) is 9.13 Å². The highest BCUT2D eigenvalue weighted by atomic mass is 19.4. The van der Waals surface area contributed by atoms with Crippen molar-refractivity contribution in [1.29, 1.82) is 5.26 Å². The second kappa shape index (κ2) is 23.2. The molecule has 13 aromatic rings. The van der Waals surface area contributed by atoms with Crippen molar-refractivity contribution in [2.24, 2.45) is 0 Å². The van der Waals surface area contributed by atoms with E-state index in [0.717, 1.165) is 48.5 Å². The molecule has 0 amide bonds. The fourth-order valence-corrected chi connectivity index (χ4v) is 13.0. The second-order valence-corrected chi connectivity index (χ2v) is 24.3. The minimum Gasteiger partial charge on any atom is -0.309 e. The normalized spacial score (nSPS) is 12.8. The molecule has 0 bridgehead atoms. The lowest BCUT2D eigenvalue weighted by Gasteiger charge is -2.21. The fraction of sp³-hybridized carbons (Fsp3) is 0.130. The van der Waals surface area contributed by atoms with E-state index in [1.807, 2.05) is 0 Å². The van der Waals surface area contributed by atoms with Gasteiger partial charge in [0.25, 0.3) is 0 Å². The van der Waals surface area contributed by atoms with Crippen LogP contribution in [0, 0.1) is 39.0 Å². The number of fused-ring (bicyclic) bond motifs is 6. The molecule has 0 unspecified atom stereocenters. The number of nitriles is 1. The first kappa shape index (κ1) is 65.9. The average molecular weight is 1350 g/mol. The summed E-state index contributed by atoms with van der Waals surface area (Å²) in [4.78, 5) is 0. The Morgan fingerprint density at radius 3 is 0.755 bits per heavy atom. The topological polar surface area (TPSA) is 33.6 Å². The van der Waals surface area contributed by atoms with E-state index >= 15 is 0 Å². The van der Waals surface area contributed by atoms with E-state index in [2.05, 4.69) is 6.07 Å². The van der Waals surface area contributed by atoms with E-state index in [1.54, 1.807) is 69.8 Å². The van der Waals surface area contributed by atoms with Gasteiger partial charge in [-0.3, -0.25) is 0 Å². The monoisotopic (exact) mass is 1350 g/mol. The van der Waals surface area contributed by atoms with Crippen LogP contribution in [0.4, 0.5) is 79.0 Å². The fourth-order valence-electron chi connectivity index (χ4n) is 13.0. The minimum atomic E-state index is -5.25. The van der Waals surface area contributed by atoms with Gasteiger partial charge in [-0.15, -0.1) is 0 Å². The van der Waals surface area contributed by atoms with E-state index in [4.69, 9.17) is 0 Å². The molecule has 0 aliphatic rings. The summed E-state index contributed by atoms with van der Waals surface area (Å²) in [5.41, 5.74) is -3.54. The largest absolute Gasteiger partial charge is 0.416 e. The van der Waals surface area contributed by atoms with E-state index in [-0.39, 0.29) is 117 Å². The maximum Gasteiger partial charge on any atom is 0.416 e. The maximum atomic E-state index is 14.7. The summed E-state index contributed by atoms with van der Waals surface area (Å²) in [6, 6.07) is 44.2. The summed E-state index contributed by atoms with van der Waals surface area (Å²) in [6.07, 6.45) is -29.7. The van der Waals surface area contributed by atoms with Gasteiger partial charge in [-0.2, -0.15) is 84.3 Å². The van der Waals surface area contributed by atoms with Gasteiger partial charge in [-0.05, 0) is 251 Å². The Morgan fingerprint density at radius 2 is 0.480 bits per heavy atom. The summed E-state index contributed by atoms with van der Waals surface area (Å²) in [5, 5.41) is 11.9. The molecule has 0 fully saturated rings. The van der Waals surface area contributed by atoms with Crippen molar-refractivity contribution in [3.63, 3.8) is 0 Å². The van der Waals surface area contributed by atoms with Crippen LogP contribution < -0.4 is 0 Å². The Bertz CT molecular complexity index is 5330. The van der Waals surface area contributed by atoms with Crippen LogP contribution >= 0.6 is 0 Å². The predicted octanol–water partition coefficient (Wildman–Crippen LogP) is 25.1. The molecule has 0 saturated carbocycles. The van der Waals surface area contributed by atoms with Crippen molar-refractivity contribution in [3.8, 4) is 84.2 Å². The number of rotatable bonds is 8. The van der Waals surface area contributed by atoms with Gasteiger partial charge in [0.2, 0.25) is 0 Å². The Kier molecular flexibility index (Phi) is 15.6. The first-order valence-corrected chi connectivity index (χ1v) is 29.8. The first-order chi connectivity index (χ1) is 45.9. The number of aromatic nitrogens is 2. The number of alkyl halides is 18. The zero-order valence-corrected chi connectivity index (χ0v) is 51.2. The van der Waals surface area contributed by atoms with Gasteiger partial charge in [0.05, 0.1) is 78.5 Å². The van der Waals surface area contributed by atoms with Gasteiger partial charge < -0.3 is 9.13 Å². The second-order valence-electron chi connectivity index (χ2n) is 24.3. The molecule has 2 aromatic heterocycles. The number of aryl methyl sites for hydroxylation is 4. The van der Waals surface area contributed by atoms with Crippen LogP contribution in [0.3, 0.4) is 0 Å². The molecule has 0 saturated heterocycles. The molecular formula is C77H45F18N3. The molecule has 0 radical (unpaired) electrons. The van der Waals surface area contributed by atoms with Crippen LogP contribution in [-0.2, 0) is 37.1 Å². The highest BCUT2D eigenvalue weighted by Gasteiger charge is 2.39. The number of hydrogen-bond donors (Lipinski definition) is 0. The molecule has 0 aliphatic heterocycles. The smallest absolute Gasteiger partial charge is 0.309 e. The quantitative estimate of drug-likeness (QED) is 0.140. The van der Waals surface area contributed by atoms with Crippen LogP contribution in [0.2, 0.25) is 0 Å². The zero-order valence-electron chi connectivity index (χ0n) is 51.2. The Morgan fingerprint density at radius 1 is 0.245 bits per heavy atom. The highest BCUT2D eigenvalue weighted by molar-refractivity contribution is 6.14. The number of nitrogens with zero attached hydrogens (tertiary/aromatic N) is 3. The third kappa shape index (κ3) is 12.4. The predicted molar refractivity (Wildman–Crippen MR) is 341 cm³/mol. The van der Waals surface area contributed by atoms with Gasteiger partial charge in [0.15, 0.2) is 0 Å². The van der Waals surface area contributed by atoms with Gasteiger partial charge >= 0.3 is 37.1 Å². The molecule has 0 aliphatic carbocycles. The molecule has 21 heteroatoms. The molecular weight excluding hydrogens is 1310 g/mol. The summed E-state index contributed by atoms with van der Waals surface area (Å²) < 4.78 is 264. The molecule has 98 heavy (non-hydrogen) atoms. The average Bonchev–Trinajstić information content (AvgIpc) is 1.56. The first-order valence-electron chi connectivity index (χ1n) is 29.8. The summed E-state index contributed by atoms with van der Waals surface area (Å²) >= 11 is 0. The molecule has 0 spiro atoms. The van der Waals surface area contributed by atoms with Crippen molar-refractivity contribution in [2.75, 3.05) is 0 Å². The van der Waals surface area contributed by atoms with Gasteiger partial charge in [0, 0.05) is 32.7 Å². The minimum absolute atomic E-state index is 0.00885. The number of benzene rings is 11. The third-order valence-electron chi connectivity index (χ3n) is 17.3. The van der Waals surface area contributed by atoms with Crippen molar-refractivity contribution in [3.05, 3.63) is 261 Å². The van der Waals surface area contributed by atoms with E-state index in [1.165, 1.54) is 100 Å². The Balaban J connectivity index is 1.13. The van der Waals surface area contributed by atoms with E-state index in [9.17, 15) is 84.3 Å². The highest BCUT2D eigenvalue weighted by Crippen LogP contribution is 2.48. The standard InChI is InChI=1S/C77H45F18N3/c1-39-17-49(26-54(21-39)72(78,79)80)44-6-12-67(98-70-14-8-46(51-19-41(3)23-56(28-51)74(84,85)86)33-62(70)63-34-47(9-15-71(63)98)52-20-42(4)24-57(29-52)75(87,88)89)61(32-44)60-25-43(38-96)5-11-66(60)97-68-13-7-45(50-18-40(2)22-55(27-50)73(81,82)83)35-64(68)65-36-48(10-16-69(65)97)53-30-58(76(90,91)92)37-59(31-53)77(93,94)95/h5-37H,1-4H3. The lowest BCUT2D eigenvalue weighted by atomic mass is 9.93.